The molecule has 4 heteroatoms. The molecule has 0 N–H and O–H groups in total. The fraction of sp³-hybridized carbons (Fsp3) is 0.0769. The predicted octanol–water partition coefficient (Wildman–Crippen LogP) is 4.62. The van der Waals surface area contributed by atoms with E-state index in [2.05, 4.69) is 60.0 Å². The first-order valence-electron chi connectivity index (χ1n) is 5.17. The van der Waals surface area contributed by atoms with Gasteiger partial charge in [0.25, 0.3) is 0 Å². The van der Waals surface area contributed by atoms with Crippen LogP contribution in [0.15, 0.2) is 39.5 Å². The molecule has 1 aromatic carbocycles. The van der Waals surface area contributed by atoms with Crippen LogP contribution in [0.2, 0.25) is 0 Å². The fourth-order valence-electron chi connectivity index (χ4n) is 1.88. The summed E-state index contributed by atoms with van der Waals surface area (Å²) < 4.78 is 1.70. The first-order valence-corrected chi connectivity index (χ1v) is 6.76. The molecule has 0 radical (unpaired) electrons. The van der Waals surface area contributed by atoms with Gasteiger partial charge >= 0.3 is 0 Å². The van der Waals surface area contributed by atoms with Gasteiger partial charge in [-0.1, -0.05) is 18.2 Å². The van der Waals surface area contributed by atoms with Crippen molar-refractivity contribution in [1.29, 1.82) is 0 Å². The highest BCUT2D eigenvalue weighted by atomic mass is 79.9. The van der Waals surface area contributed by atoms with Crippen LogP contribution in [0.3, 0.4) is 0 Å². The van der Waals surface area contributed by atoms with Crippen LogP contribution in [-0.4, -0.2) is 9.97 Å². The number of aryl methyl sites for hydroxylation is 1. The number of hydrogen-bond donors (Lipinski definition) is 0. The predicted molar refractivity (Wildman–Crippen MR) is 77.2 cm³/mol. The smallest absolute Gasteiger partial charge is 0.109 e. The third kappa shape index (κ3) is 1.85. The normalized spacial score (nSPS) is 11.2. The minimum Gasteiger partial charge on any atom is -0.239 e. The Hall–Kier alpha value is -1.00. The van der Waals surface area contributed by atoms with Gasteiger partial charge in [-0.05, 0) is 56.5 Å². The fourth-order valence-corrected chi connectivity index (χ4v) is 2.48. The van der Waals surface area contributed by atoms with Crippen LogP contribution in [0.5, 0.6) is 0 Å². The average molecular weight is 352 g/mol. The van der Waals surface area contributed by atoms with Gasteiger partial charge in [0, 0.05) is 10.8 Å². The van der Waals surface area contributed by atoms with Crippen molar-refractivity contribution in [1.82, 2.24) is 9.97 Å². The Morgan fingerprint density at radius 1 is 0.882 bits per heavy atom. The molecule has 0 saturated carbocycles. The molecular formula is C13H8Br2N2. The van der Waals surface area contributed by atoms with Crippen LogP contribution in [0.1, 0.15) is 5.56 Å². The van der Waals surface area contributed by atoms with E-state index >= 15 is 0 Å². The number of rotatable bonds is 0. The molecule has 17 heavy (non-hydrogen) atoms. The van der Waals surface area contributed by atoms with Gasteiger partial charge in [-0.2, -0.15) is 0 Å². The van der Waals surface area contributed by atoms with Gasteiger partial charge in [-0.3, -0.25) is 0 Å². The van der Waals surface area contributed by atoms with Gasteiger partial charge in [-0.15, -0.1) is 0 Å². The van der Waals surface area contributed by atoms with E-state index in [0.29, 0.717) is 0 Å². The summed E-state index contributed by atoms with van der Waals surface area (Å²) in [6.45, 7) is 2.04. The van der Waals surface area contributed by atoms with Crippen molar-refractivity contribution >= 4 is 53.7 Å². The van der Waals surface area contributed by atoms with Crippen LogP contribution in [0.4, 0.5) is 0 Å². The molecule has 2 heterocycles. The minimum atomic E-state index is 0.830. The molecule has 0 atom stereocenters. The molecule has 0 bridgehead atoms. The number of fused-ring (bicyclic) bond motifs is 3. The van der Waals surface area contributed by atoms with E-state index < -0.39 is 0 Å². The van der Waals surface area contributed by atoms with Gasteiger partial charge in [-0.25, -0.2) is 9.97 Å². The third-order valence-corrected chi connectivity index (χ3v) is 3.98. The van der Waals surface area contributed by atoms with Gasteiger partial charge < -0.3 is 0 Å². The molecule has 0 saturated heterocycles. The summed E-state index contributed by atoms with van der Waals surface area (Å²) in [5.74, 6) is 0. The van der Waals surface area contributed by atoms with Gasteiger partial charge in [0.15, 0.2) is 0 Å². The van der Waals surface area contributed by atoms with Gasteiger partial charge in [0.2, 0.25) is 0 Å². The summed E-state index contributed by atoms with van der Waals surface area (Å²) in [4.78, 5) is 9.09. The molecule has 0 aliphatic carbocycles. The zero-order chi connectivity index (χ0) is 12.0. The highest BCUT2D eigenvalue weighted by Gasteiger charge is 2.06. The Kier molecular flexibility index (Phi) is 2.64. The highest BCUT2D eigenvalue weighted by molar-refractivity contribution is 9.10. The molecule has 3 aromatic rings. The lowest BCUT2D eigenvalue weighted by Gasteiger charge is -2.05. The molecular weight excluding hydrogens is 344 g/mol. The van der Waals surface area contributed by atoms with Crippen molar-refractivity contribution in [3.63, 3.8) is 0 Å². The molecule has 3 rings (SSSR count). The summed E-state index contributed by atoms with van der Waals surface area (Å²) in [7, 11) is 0. The molecule has 0 fully saturated rings. The monoisotopic (exact) mass is 350 g/mol. The third-order valence-electron chi connectivity index (χ3n) is 2.74. The summed E-state index contributed by atoms with van der Waals surface area (Å²) in [5, 5.41) is 2.22. The molecule has 0 aliphatic heterocycles. The summed E-state index contributed by atoms with van der Waals surface area (Å²) in [6, 6.07) is 10.3. The van der Waals surface area contributed by atoms with E-state index in [1.807, 2.05) is 19.1 Å². The van der Waals surface area contributed by atoms with E-state index in [1.54, 1.807) is 0 Å². The molecule has 2 aromatic heterocycles. The Morgan fingerprint density at radius 2 is 1.53 bits per heavy atom. The maximum Gasteiger partial charge on any atom is 0.109 e. The quantitative estimate of drug-likeness (QED) is 0.436. The van der Waals surface area contributed by atoms with Gasteiger partial charge in [0.05, 0.1) is 11.0 Å². The van der Waals surface area contributed by atoms with Crippen molar-refractivity contribution in [2.45, 2.75) is 6.92 Å². The number of hydrogen-bond acceptors (Lipinski definition) is 2. The van der Waals surface area contributed by atoms with Crippen molar-refractivity contribution in [2.75, 3.05) is 0 Å². The summed E-state index contributed by atoms with van der Waals surface area (Å²) >= 11 is 6.87. The van der Waals surface area contributed by atoms with Crippen molar-refractivity contribution < 1.29 is 0 Å². The number of benzene rings is 1. The Morgan fingerprint density at radius 3 is 2.35 bits per heavy atom. The lowest BCUT2D eigenvalue weighted by Crippen LogP contribution is -1.89. The molecule has 0 amide bonds. The maximum atomic E-state index is 4.58. The largest absolute Gasteiger partial charge is 0.239 e. The van der Waals surface area contributed by atoms with E-state index in [9.17, 15) is 0 Å². The van der Waals surface area contributed by atoms with Crippen molar-refractivity contribution in [3.8, 4) is 0 Å². The molecule has 2 nitrogen and oxygen atoms in total. The standard InChI is InChI=1S/C13H8Br2N2/c1-7-6-9-3-2-8-4-5-10(14)16-11(8)12(9)17-13(7)15/h2-6H,1H3. The maximum absolute atomic E-state index is 4.58. The van der Waals surface area contributed by atoms with Crippen LogP contribution in [0, 0.1) is 6.92 Å². The first kappa shape index (κ1) is 11.1. The number of pyridine rings is 2. The van der Waals surface area contributed by atoms with Crippen LogP contribution >= 0.6 is 31.9 Å². The lowest BCUT2D eigenvalue weighted by molar-refractivity contribution is 1.27. The van der Waals surface area contributed by atoms with E-state index in [4.69, 9.17) is 0 Å². The summed E-state index contributed by atoms with van der Waals surface area (Å²) in [6.07, 6.45) is 0. The van der Waals surface area contributed by atoms with Crippen molar-refractivity contribution in [2.24, 2.45) is 0 Å². The summed E-state index contributed by atoms with van der Waals surface area (Å²) in [5.41, 5.74) is 2.99. The zero-order valence-electron chi connectivity index (χ0n) is 9.04. The van der Waals surface area contributed by atoms with E-state index in [1.165, 1.54) is 0 Å². The molecule has 84 valence electrons. The topological polar surface area (TPSA) is 25.8 Å². The number of aromatic nitrogens is 2. The van der Waals surface area contributed by atoms with E-state index in [-0.39, 0.29) is 0 Å². The average Bonchev–Trinajstić information content (AvgIpc) is 2.31. The van der Waals surface area contributed by atoms with Crippen LogP contribution < -0.4 is 0 Å². The number of nitrogens with zero attached hydrogens (tertiary/aromatic N) is 2. The Bertz CT molecular complexity index is 738. The lowest BCUT2D eigenvalue weighted by atomic mass is 10.1. The highest BCUT2D eigenvalue weighted by Crippen LogP contribution is 2.27. The second-order valence-corrected chi connectivity index (χ2v) is 5.50. The second-order valence-electron chi connectivity index (χ2n) is 3.94. The van der Waals surface area contributed by atoms with Crippen LogP contribution in [-0.2, 0) is 0 Å². The van der Waals surface area contributed by atoms with E-state index in [0.717, 1.165) is 36.6 Å². The van der Waals surface area contributed by atoms with Gasteiger partial charge in [0.1, 0.15) is 9.21 Å². The molecule has 0 spiro atoms. The second kappa shape index (κ2) is 4.03. The van der Waals surface area contributed by atoms with Crippen molar-refractivity contribution in [3.05, 3.63) is 45.1 Å². The Balaban J connectivity index is 2.53. The Labute approximate surface area is 115 Å². The van der Waals surface area contributed by atoms with Crippen LogP contribution in [0.25, 0.3) is 21.8 Å². The molecule has 0 unspecified atom stereocenters. The minimum absolute atomic E-state index is 0.830. The molecule has 0 aliphatic rings. The SMILES string of the molecule is Cc1cc2ccc3ccc(Br)nc3c2nc1Br. The number of halogens is 2. The first-order chi connectivity index (χ1) is 8.15. The zero-order valence-corrected chi connectivity index (χ0v) is 12.2.